The molecule has 1 heterocycles. The predicted molar refractivity (Wildman–Crippen MR) is 77.7 cm³/mol. The second-order valence-corrected chi connectivity index (χ2v) is 4.78. The molecule has 0 bridgehead atoms. The van der Waals surface area contributed by atoms with Crippen LogP contribution in [0.25, 0.3) is 0 Å². The Morgan fingerprint density at radius 3 is 2.38 bits per heavy atom. The number of hydrogen-bond acceptors (Lipinski definition) is 6. The molecule has 0 aliphatic rings. The minimum absolute atomic E-state index is 0.0559. The van der Waals surface area contributed by atoms with E-state index in [1.165, 1.54) is 0 Å². The van der Waals surface area contributed by atoms with Crippen molar-refractivity contribution in [1.29, 1.82) is 0 Å². The van der Waals surface area contributed by atoms with Crippen LogP contribution in [0.3, 0.4) is 0 Å². The molecule has 2 rings (SSSR count). The molecular weight excluding hydrogens is 272 g/mol. The molecule has 114 valence electrons. The molecule has 0 saturated heterocycles. The number of methoxy groups -OCH3 is 2. The second-order valence-electron chi connectivity index (χ2n) is 4.78. The van der Waals surface area contributed by atoms with Gasteiger partial charge in [0.25, 0.3) is 0 Å². The summed E-state index contributed by atoms with van der Waals surface area (Å²) >= 11 is 0. The molecule has 21 heavy (non-hydrogen) atoms. The van der Waals surface area contributed by atoms with Crippen LogP contribution >= 0.6 is 0 Å². The molecule has 0 saturated carbocycles. The van der Waals surface area contributed by atoms with Gasteiger partial charge in [0.1, 0.15) is 6.61 Å². The Bertz CT molecular complexity index is 542. The largest absolute Gasteiger partial charge is 0.493 e. The van der Waals surface area contributed by atoms with Gasteiger partial charge in [0.05, 0.1) is 20.4 Å². The van der Waals surface area contributed by atoms with Gasteiger partial charge in [-0.05, 0) is 31.0 Å². The van der Waals surface area contributed by atoms with Gasteiger partial charge >= 0.3 is 0 Å². The normalized spacial score (nSPS) is 12.0. The molecule has 0 spiro atoms. The van der Waals surface area contributed by atoms with Gasteiger partial charge in [0, 0.05) is 12.1 Å². The van der Waals surface area contributed by atoms with E-state index in [9.17, 15) is 0 Å². The first kappa shape index (κ1) is 15.2. The van der Waals surface area contributed by atoms with Crippen molar-refractivity contribution in [1.82, 2.24) is 5.16 Å². The predicted octanol–water partition coefficient (Wildman–Crippen LogP) is 2.16. The van der Waals surface area contributed by atoms with E-state index >= 15 is 0 Å². The summed E-state index contributed by atoms with van der Waals surface area (Å²) in [6, 6.07) is 5.60. The fraction of sp³-hybridized carbons (Fsp3) is 0.400. The Kier molecular flexibility index (Phi) is 5.05. The van der Waals surface area contributed by atoms with Crippen LogP contribution in [0.1, 0.15) is 18.2 Å². The zero-order valence-corrected chi connectivity index (χ0v) is 12.5. The lowest BCUT2D eigenvalue weighted by atomic mass is 10.1. The first-order valence-electron chi connectivity index (χ1n) is 6.67. The lowest BCUT2D eigenvalue weighted by Gasteiger charge is -2.16. The maximum absolute atomic E-state index is 5.84. The summed E-state index contributed by atoms with van der Waals surface area (Å²) in [6.07, 6.45) is 2.30. The molecule has 1 aromatic carbocycles. The zero-order chi connectivity index (χ0) is 15.2. The Labute approximate surface area is 123 Å². The van der Waals surface area contributed by atoms with Crippen LogP contribution in [-0.2, 0) is 13.0 Å². The van der Waals surface area contributed by atoms with Crippen LogP contribution in [0.4, 0.5) is 0 Å². The van der Waals surface area contributed by atoms with Crippen molar-refractivity contribution < 1.29 is 18.7 Å². The Balaban J connectivity index is 2.25. The van der Waals surface area contributed by atoms with Gasteiger partial charge < -0.3 is 24.5 Å². The van der Waals surface area contributed by atoms with E-state index in [1.807, 2.05) is 19.1 Å². The quantitative estimate of drug-likeness (QED) is 0.842. The highest BCUT2D eigenvalue weighted by Gasteiger charge is 2.15. The zero-order valence-electron chi connectivity index (χ0n) is 12.5. The number of nitrogens with two attached hydrogens (primary N) is 1. The number of ether oxygens (including phenoxy) is 3. The highest BCUT2D eigenvalue weighted by atomic mass is 16.5. The molecule has 6 nitrogen and oxygen atoms in total. The fourth-order valence-corrected chi connectivity index (χ4v) is 2.03. The minimum Gasteiger partial charge on any atom is -0.493 e. The summed E-state index contributed by atoms with van der Waals surface area (Å²) in [6.45, 7) is 2.20. The number of nitrogens with zero attached hydrogens (tertiary/aromatic N) is 1. The van der Waals surface area contributed by atoms with Crippen molar-refractivity contribution in [3.8, 4) is 17.2 Å². The van der Waals surface area contributed by atoms with Gasteiger partial charge in [-0.2, -0.15) is 0 Å². The average Bonchev–Trinajstić information content (AvgIpc) is 2.97. The van der Waals surface area contributed by atoms with Gasteiger partial charge in [-0.15, -0.1) is 0 Å². The Hall–Kier alpha value is -2.21. The van der Waals surface area contributed by atoms with E-state index in [4.69, 9.17) is 24.5 Å². The Morgan fingerprint density at radius 2 is 1.90 bits per heavy atom. The maximum Gasteiger partial charge on any atom is 0.204 e. The van der Waals surface area contributed by atoms with E-state index in [-0.39, 0.29) is 12.6 Å². The average molecular weight is 292 g/mol. The topological polar surface area (TPSA) is 79.7 Å². The number of hydrogen-bond donors (Lipinski definition) is 1. The molecule has 6 heteroatoms. The third-order valence-electron chi connectivity index (χ3n) is 2.93. The van der Waals surface area contributed by atoms with Gasteiger partial charge in [-0.1, -0.05) is 5.16 Å². The molecule has 1 unspecified atom stereocenters. The van der Waals surface area contributed by atoms with Crippen LogP contribution in [0.2, 0.25) is 0 Å². The molecule has 1 aromatic heterocycles. The monoisotopic (exact) mass is 292 g/mol. The van der Waals surface area contributed by atoms with Crippen molar-refractivity contribution in [2.75, 3.05) is 14.2 Å². The van der Waals surface area contributed by atoms with E-state index in [2.05, 4.69) is 5.16 Å². The van der Waals surface area contributed by atoms with E-state index in [0.717, 1.165) is 12.0 Å². The smallest absolute Gasteiger partial charge is 0.204 e. The summed E-state index contributed by atoms with van der Waals surface area (Å²) in [5.74, 6) is 2.36. The third kappa shape index (κ3) is 3.88. The lowest BCUT2D eigenvalue weighted by molar-refractivity contribution is 0.228. The molecule has 0 radical (unpaired) electrons. The molecule has 0 aliphatic heterocycles. The molecule has 0 aliphatic carbocycles. The van der Waals surface area contributed by atoms with Crippen molar-refractivity contribution in [3.63, 3.8) is 0 Å². The Morgan fingerprint density at radius 1 is 1.24 bits per heavy atom. The highest BCUT2D eigenvalue weighted by molar-refractivity contribution is 5.54. The molecule has 1 atom stereocenters. The molecule has 2 aromatic rings. The standard InChI is InChI=1S/C15H20N2O4/c1-10(16)6-11-7-13(18-2)15(14(8-11)19-3)20-9-12-4-5-17-21-12/h4-5,7-8,10H,6,9,16H2,1-3H3. The first-order valence-corrected chi connectivity index (χ1v) is 6.67. The first-order chi connectivity index (χ1) is 10.1. The van der Waals surface area contributed by atoms with Crippen LogP contribution in [0.5, 0.6) is 17.2 Å². The van der Waals surface area contributed by atoms with Crippen molar-refractivity contribution in [2.45, 2.75) is 26.0 Å². The van der Waals surface area contributed by atoms with Gasteiger partial charge in [0.2, 0.25) is 5.75 Å². The minimum atomic E-state index is 0.0559. The summed E-state index contributed by atoms with van der Waals surface area (Å²) in [5.41, 5.74) is 6.87. The van der Waals surface area contributed by atoms with Crippen molar-refractivity contribution in [2.24, 2.45) is 5.73 Å². The SMILES string of the molecule is COc1cc(CC(C)N)cc(OC)c1OCc1ccno1. The second kappa shape index (κ2) is 6.99. The molecular formula is C15H20N2O4. The lowest BCUT2D eigenvalue weighted by Crippen LogP contribution is -2.17. The number of rotatable bonds is 7. The molecule has 2 N–H and O–H groups in total. The summed E-state index contributed by atoms with van der Waals surface area (Å²) in [7, 11) is 3.18. The van der Waals surface area contributed by atoms with E-state index in [1.54, 1.807) is 26.5 Å². The van der Waals surface area contributed by atoms with Gasteiger partial charge in [0.15, 0.2) is 17.3 Å². The molecule has 0 amide bonds. The van der Waals surface area contributed by atoms with Crippen molar-refractivity contribution in [3.05, 3.63) is 35.7 Å². The van der Waals surface area contributed by atoms with Crippen LogP contribution in [0, 0.1) is 0 Å². The highest BCUT2D eigenvalue weighted by Crippen LogP contribution is 2.39. The molecule has 0 fully saturated rings. The summed E-state index contributed by atoms with van der Waals surface area (Å²) < 4.78 is 21.5. The van der Waals surface area contributed by atoms with Crippen molar-refractivity contribution >= 4 is 0 Å². The number of benzene rings is 1. The van der Waals surface area contributed by atoms with Crippen LogP contribution < -0.4 is 19.9 Å². The van der Waals surface area contributed by atoms with E-state index < -0.39 is 0 Å². The van der Waals surface area contributed by atoms with Crippen LogP contribution in [0.15, 0.2) is 28.9 Å². The summed E-state index contributed by atoms with van der Waals surface area (Å²) in [4.78, 5) is 0. The maximum atomic E-state index is 5.84. The van der Waals surface area contributed by atoms with Gasteiger partial charge in [-0.25, -0.2) is 0 Å². The fourth-order valence-electron chi connectivity index (χ4n) is 2.03. The van der Waals surface area contributed by atoms with E-state index in [0.29, 0.717) is 23.0 Å². The number of aromatic nitrogens is 1. The third-order valence-corrected chi connectivity index (χ3v) is 2.93. The van der Waals surface area contributed by atoms with Crippen LogP contribution in [-0.4, -0.2) is 25.4 Å². The van der Waals surface area contributed by atoms with Gasteiger partial charge in [-0.3, -0.25) is 0 Å². The summed E-state index contributed by atoms with van der Waals surface area (Å²) in [5, 5.41) is 3.64.